The highest BCUT2D eigenvalue weighted by Gasteiger charge is 2.12. The Bertz CT molecular complexity index is 560. The van der Waals surface area contributed by atoms with E-state index in [2.05, 4.69) is 31.4 Å². The van der Waals surface area contributed by atoms with E-state index in [1.54, 1.807) is 20.4 Å². The quantitative estimate of drug-likeness (QED) is 0.843. The number of amides is 2. The van der Waals surface area contributed by atoms with E-state index in [0.29, 0.717) is 18.0 Å². The van der Waals surface area contributed by atoms with Gasteiger partial charge >= 0.3 is 6.03 Å². The lowest BCUT2D eigenvalue weighted by Crippen LogP contribution is -2.34. The van der Waals surface area contributed by atoms with E-state index in [-0.39, 0.29) is 11.4 Å². The van der Waals surface area contributed by atoms with Crippen LogP contribution in [-0.2, 0) is 6.42 Å². The first-order valence-electron chi connectivity index (χ1n) is 7.70. The summed E-state index contributed by atoms with van der Waals surface area (Å²) in [4.78, 5) is 11.8. The van der Waals surface area contributed by atoms with Gasteiger partial charge in [-0.25, -0.2) is 4.79 Å². The molecule has 1 aromatic rings. The highest BCUT2D eigenvalue weighted by atomic mass is 16.5. The zero-order valence-electron chi connectivity index (χ0n) is 14.9. The van der Waals surface area contributed by atoms with E-state index in [1.165, 1.54) is 0 Å². The zero-order valence-corrected chi connectivity index (χ0v) is 14.9. The maximum atomic E-state index is 11.8. The molecular weight excluding hydrogens is 292 g/mol. The first-order chi connectivity index (χ1) is 10.8. The second kappa shape index (κ2) is 8.46. The minimum atomic E-state index is -0.200. The van der Waals surface area contributed by atoms with Crippen molar-refractivity contribution in [2.24, 2.45) is 5.41 Å². The van der Waals surface area contributed by atoms with E-state index in [1.807, 2.05) is 25.1 Å². The molecule has 0 unspecified atom stereocenters. The van der Waals surface area contributed by atoms with Crippen molar-refractivity contribution in [3.63, 3.8) is 0 Å². The predicted molar refractivity (Wildman–Crippen MR) is 93.0 cm³/mol. The maximum Gasteiger partial charge on any atom is 0.318 e. The van der Waals surface area contributed by atoms with Crippen molar-refractivity contribution in [2.75, 3.05) is 20.8 Å². The summed E-state index contributed by atoms with van der Waals surface area (Å²) in [6.45, 7) is 8.87. The molecular formula is C18H28N2O3. The predicted octanol–water partition coefficient (Wildman–Crippen LogP) is 3.50. The topological polar surface area (TPSA) is 59.6 Å². The molecule has 0 saturated heterocycles. The fourth-order valence-electron chi connectivity index (χ4n) is 1.80. The van der Waals surface area contributed by atoms with Crippen molar-refractivity contribution in [1.29, 1.82) is 0 Å². The Hall–Kier alpha value is -2.17. The molecule has 1 aromatic carbocycles. The highest BCUT2D eigenvalue weighted by molar-refractivity contribution is 5.75. The van der Waals surface area contributed by atoms with Gasteiger partial charge < -0.3 is 20.1 Å². The molecule has 2 amide bonds. The van der Waals surface area contributed by atoms with E-state index in [0.717, 1.165) is 17.6 Å². The van der Waals surface area contributed by atoms with Crippen LogP contribution in [0.3, 0.4) is 0 Å². The van der Waals surface area contributed by atoms with Gasteiger partial charge in [0, 0.05) is 12.7 Å². The number of hydrogen-bond donors (Lipinski definition) is 2. The summed E-state index contributed by atoms with van der Waals surface area (Å²) in [5.74, 6) is 1.39. The molecule has 0 aliphatic heterocycles. The van der Waals surface area contributed by atoms with Gasteiger partial charge in [-0.15, -0.1) is 0 Å². The molecule has 0 fully saturated rings. The van der Waals surface area contributed by atoms with Gasteiger partial charge in [0.25, 0.3) is 0 Å². The molecule has 1 rings (SSSR count). The Morgan fingerprint density at radius 3 is 2.39 bits per heavy atom. The number of nitrogens with one attached hydrogen (secondary N) is 2. The highest BCUT2D eigenvalue weighted by Crippen LogP contribution is 2.27. The first-order valence-corrected chi connectivity index (χ1v) is 7.70. The summed E-state index contributed by atoms with van der Waals surface area (Å²) in [5.41, 5.74) is 2.24. The van der Waals surface area contributed by atoms with E-state index < -0.39 is 0 Å². The molecule has 0 saturated carbocycles. The summed E-state index contributed by atoms with van der Waals surface area (Å²) in [7, 11) is 3.22. The van der Waals surface area contributed by atoms with Crippen LogP contribution < -0.4 is 20.1 Å². The number of hydrogen-bond acceptors (Lipinski definition) is 3. The van der Waals surface area contributed by atoms with Gasteiger partial charge in [0.1, 0.15) is 0 Å². The minimum absolute atomic E-state index is 0.0485. The van der Waals surface area contributed by atoms with Crippen molar-refractivity contribution in [1.82, 2.24) is 10.6 Å². The third-order valence-electron chi connectivity index (χ3n) is 3.75. The maximum absolute atomic E-state index is 11.8. The molecule has 0 bridgehead atoms. The Morgan fingerprint density at radius 1 is 1.17 bits per heavy atom. The van der Waals surface area contributed by atoms with Gasteiger partial charge in [-0.2, -0.15) is 0 Å². The second-order valence-electron chi connectivity index (χ2n) is 6.42. The molecule has 0 heterocycles. The number of carbonyl (C=O) groups is 1. The summed E-state index contributed by atoms with van der Waals surface area (Å²) >= 11 is 0. The molecule has 0 aliphatic rings. The molecule has 23 heavy (non-hydrogen) atoms. The molecule has 0 atom stereocenters. The summed E-state index contributed by atoms with van der Waals surface area (Å²) in [5, 5.41) is 5.60. The number of allylic oxidation sites excluding steroid dienone is 1. The number of ether oxygens (including phenoxy) is 2. The van der Waals surface area contributed by atoms with Crippen LogP contribution in [0.4, 0.5) is 4.79 Å². The van der Waals surface area contributed by atoms with Crippen LogP contribution in [0.5, 0.6) is 11.5 Å². The SMILES string of the molecule is COc1ccc(CCNC(=O)N/C=C(\C)C(C)(C)C)cc1OC. The fraction of sp³-hybridized carbons (Fsp3) is 0.500. The summed E-state index contributed by atoms with van der Waals surface area (Å²) < 4.78 is 10.5. The molecule has 128 valence electrons. The molecule has 0 aromatic heterocycles. The van der Waals surface area contributed by atoms with Gasteiger partial charge in [0.2, 0.25) is 0 Å². The standard InChI is InChI=1S/C18H28N2O3/c1-13(18(2,3)4)12-20-17(21)19-10-9-14-7-8-15(22-5)16(11-14)23-6/h7-8,11-12H,9-10H2,1-6H3,(H2,19,20,21)/b13-12+. The number of methoxy groups -OCH3 is 2. The zero-order chi connectivity index (χ0) is 17.5. The van der Waals surface area contributed by atoms with Crippen LogP contribution in [0.1, 0.15) is 33.3 Å². The van der Waals surface area contributed by atoms with Crippen molar-refractivity contribution in [2.45, 2.75) is 34.1 Å². The molecule has 0 radical (unpaired) electrons. The second-order valence-corrected chi connectivity index (χ2v) is 6.42. The lowest BCUT2D eigenvalue weighted by molar-refractivity contribution is 0.244. The number of carbonyl (C=O) groups excluding carboxylic acids is 1. The van der Waals surface area contributed by atoms with E-state index in [4.69, 9.17) is 9.47 Å². The van der Waals surface area contributed by atoms with Crippen LogP contribution in [0.25, 0.3) is 0 Å². The van der Waals surface area contributed by atoms with Gasteiger partial charge in [-0.3, -0.25) is 0 Å². The molecule has 0 spiro atoms. The van der Waals surface area contributed by atoms with Crippen LogP contribution in [0.2, 0.25) is 0 Å². The molecule has 0 aliphatic carbocycles. The molecule has 5 nitrogen and oxygen atoms in total. The number of urea groups is 1. The van der Waals surface area contributed by atoms with Crippen molar-refractivity contribution < 1.29 is 14.3 Å². The Kier molecular flexibility index (Phi) is 6.94. The van der Waals surface area contributed by atoms with Crippen molar-refractivity contribution >= 4 is 6.03 Å². The number of benzene rings is 1. The lowest BCUT2D eigenvalue weighted by atomic mass is 9.88. The molecule has 5 heteroatoms. The Labute approximate surface area is 139 Å². The van der Waals surface area contributed by atoms with Crippen molar-refractivity contribution in [3.8, 4) is 11.5 Å². The normalized spacial score (nSPS) is 11.8. The van der Waals surface area contributed by atoms with Crippen LogP contribution >= 0.6 is 0 Å². The Morgan fingerprint density at radius 2 is 1.83 bits per heavy atom. The van der Waals surface area contributed by atoms with E-state index >= 15 is 0 Å². The first kappa shape index (κ1) is 18.9. The van der Waals surface area contributed by atoms with E-state index in [9.17, 15) is 4.79 Å². The van der Waals surface area contributed by atoms with Gasteiger partial charge in [-0.05, 0) is 36.5 Å². The van der Waals surface area contributed by atoms with Crippen LogP contribution in [0, 0.1) is 5.41 Å². The van der Waals surface area contributed by atoms with Gasteiger partial charge in [0.05, 0.1) is 14.2 Å². The smallest absolute Gasteiger partial charge is 0.318 e. The van der Waals surface area contributed by atoms with Crippen molar-refractivity contribution in [3.05, 3.63) is 35.5 Å². The average molecular weight is 320 g/mol. The van der Waals surface area contributed by atoms with Crippen LogP contribution in [0.15, 0.2) is 30.0 Å². The average Bonchev–Trinajstić information content (AvgIpc) is 2.51. The van der Waals surface area contributed by atoms with Crippen LogP contribution in [-0.4, -0.2) is 26.8 Å². The fourth-order valence-corrected chi connectivity index (χ4v) is 1.80. The summed E-state index contributed by atoms with van der Waals surface area (Å²) in [6, 6.07) is 5.55. The summed E-state index contributed by atoms with van der Waals surface area (Å²) in [6.07, 6.45) is 2.47. The minimum Gasteiger partial charge on any atom is -0.493 e. The lowest BCUT2D eigenvalue weighted by Gasteiger charge is -2.19. The molecule has 2 N–H and O–H groups in total. The Balaban J connectivity index is 2.47. The monoisotopic (exact) mass is 320 g/mol. The number of rotatable bonds is 6. The van der Waals surface area contributed by atoms with Gasteiger partial charge in [0.15, 0.2) is 11.5 Å². The third kappa shape index (κ3) is 6.22. The largest absolute Gasteiger partial charge is 0.493 e. The van der Waals surface area contributed by atoms with Gasteiger partial charge in [-0.1, -0.05) is 32.4 Å². The third-order valence-corrected chi connectivity index (χ3v) is 3.75.